The number of amides is 1. The Labute approximate surface area is 106 Å². The number of carbonyl (C=O) groups excluding carboxylic acids is 1. The second kappa shape index (κ2) is 5.03. The zero-order chi connectivity index (χ0) is 13.1. The first-order valence-corrected chi connectivity index (χ1v) is 5.91. The number of nitrogens with zero attached hydrogens (tertiary/aromatic N) is 4. The SMILES string of the molecule is CCn1nccc1C(=O)NCc1cnn(C)c1C. The summed E-state index contributed by atoms with van der Waals surface area (Å²) >= 11 is 0. The van der Waals surface area contributed by atoms with Crippen LogP contribution in [0.2, 0.25) is 0 Å². The summed E-state index contributed by atoms with van der Waals surface area (Å²) in [6.07, 6.45) is 3.40. The van der Waals surface area contributed by atoms with Crippen LogP contribution in [0.5, 0.6) is 0 Å². The van der Waals surface area contributed by atoms with E-state index >= 15 is 0 Å². The van der Waals surface area contributed by atoms with E-state index in [2.05, 4.69) is 15.5 Å². The first-order chi connectivity index (χ1) is 8.63. The number of hydrogen-bond acceptors (Lipinski definition) is 3. The van der Waals surface area contributed by atoms with Gasteiger partial charge in [0.2, 0.25) is 0 Å². The van der Waals surface area contributed by atoms with Crippen LogP contribution in [-0.2, 0) is 20.1 Å². The molecule has 0 aromatic carbocycles. The van der Waals surface area contributed by atoms with Gasteiger partial charge in [0.25, 0.3) is 5.91 Å². The first-order valence-electron chi connectivity index (χ1n) is 5.91. The smallest absolute Gasteiger partial charge is 0.269 e. The van der Waals surface area contributed by atoms with Gasteiger partial charge >= 0.3 is 0 Å². The monoisotopic (exact) mass is 247 g/mol. The van der Waals surface area contributed by atoms with E-state index in [4.69, 9.17) is 0 Å². The predicted octanol–water partition coefficient (Wildman–Crippen LogP) is 0.875. The van der Waals surface area contributed by atoms with Crippen molar-refractivity contribution < 1.29 is 4.79 Å². The van der Waals surface area contributed by atoms with E-state index in [1.165, 1.54) is 0 Å². The molecule has 0 radical (unpaired) electrons. The van der Waals surface area contributed by atoms with E-state index in [9.17, 15) is 4.79 Å². The van der Waals surface area contributed by atoms with Crippen molar-refractivity contribution >= 4 is 5.91 Å². The van der Waals surface area contributed by atoms with E-state index in [0.29, 0.717) is 18.8 Å². The fourth-order valence-electron chi connectivity index (χ4n) is 1.76. The zero-order valence-corrected chi connectivity index (χ0v) is 10.8. The first kappa shape index (κ1) is 12.3. The normalized spacial score (nSPS) is 10.6. The highest BCUT2D eigenvalue weighted by Crippen LogP contribution is 2.05. The number of aryl methyl sites for hydroxylation is 2. The van der Waals surface area contributed by atoms with Crippen molar-refractivity contribution in [2.45, 2.75) is 26.9 Å². The van der Waals surface area contributed by atoms with Crippen molar-refractivity contribution in [3.05, 3.63) is 35.4 Å². The summed E-state index contributed by atoms with van der Waals surface area (Å²) in [6.45, 7) is 5.09. The van der Waals surface area contributed by atoms with E-state index < -0.39 is 0 Å². The van der Waals surface area contributed by atoms with E-state index in [-0.39, 0.29) is 5.91 Å². The molecular formula is C12H17N5O. The van der Waals surface area contributed by atoms with Gasteiger partial charge in [0.15, 0.2) is 0 Å². The second-order valence-corrected chi connectivity index (χ2v) is 4.09. The molecule has 6 heteroatoms. The molecule has 0 fully saturated rings. The van der Waals surface area contributed by atoms with Crippen molar-refractivity contribution in [2.75, 3.05) is 0 Å². The number of nitrogens with one attached hydrogen (secondary N) is 1. The number of aromatic nitrogens is 4. The van der Waals surface area contributed by atoms with Crippen molar-refractivity contribution in [2.24, 2.45) is 7.05 Å². The lowest BCUT2D eigenvalue weighted by molar-refractivity contribution is 0.0940. The molecule has 1 N–H and O–H groups in total. The van der Waals surface area contributed by atoms with Crippen LogP contribution in [0, 0.1) is 6.92 Å². The van der Waals surface area contributed by atoms with Crippen molar-refractivity contribution in [1.82, 2.24) is 24.9 Å². The maximum Gasteiger partial charge on any atom is 0.269 e. The fourth-order valence-corrected chi connectivity index (χ4v) is 1.76. The third kappa shape index (κ3) is 2.27. The lowest BCUT2D eigenvalue weighted by Gasteiger charge is -2.06. The topological polar surface area (TPSA) is 64.7 Å². The Hall–Kier alpha value is -2.11. The van der Waals surface area contributed by atoms with E-state index in [1.807, 2.05) is 20.9 Å². The van der Waals surface area contributed by atoms with Crippen LogP contribution in [0.4, 0.5) is 0 Å². The summed E-state index contributed by atoms with van der Waals surface area (Å²) in [4.78, 5) is 12.0. The average molecular weight is 247 g/mol. The lowest BCUT2D eigenvalue weighted by atomic mass is 10.2. The summed E-state index contributed by atoms with van der Waals surface area (Å²) in [7, 11) is 1.88. The van der Waals surface area contributed by atoms with Crippen LogP contribution in [0.15, 0.2) is 18.5 Å². The van der Waals surface area contributed by atoms with Gasteiger partial charge in [0.1, 0.15) is 5.69 Å². The summed E-state index contributed by atoms with van der Waals surface area (Å²) in [5.74, 6) is -0.113. The van der Waals surface area contributed by atoms with Gasteiger partial charge in [-0.3, -0.25) is 14.2 Å². The summed E-state index contributed by atoms with van der Waals surface area (Å²) < 4.78 is 3.46. The predicted molar refractivity (Wildman–Crippen MR) is 67.0 cm³/mol. The van der Waals surface area contributed by atoms with E-state index in [0.717, 1.165) is 11.3 Å². The molecule has 0 saturated heterocycles. The molecule has 0 saturated carbocycles. The summed E-state index contributed by atoms with van der Waals surface area (Å²) in [5.41, 5.74) is 2.66. The molecule has 0 unspecified atom stereocenters. The molecule has 0 bridgehead atoms. The largest absolute Gasteiger partial charge is 0.347 e. The Kier molecular flexibility index (Phi) is 3.45. The van der Waals surface area contributed by atoms with Gasteiger partial charge in [-0.05, 0) is 19.9 Å². The standard InChI is InChI=1S/C12H17N5O/c1-4-17-11(5-6-14-17)12(18)13-7-10-8-15-16(3)9(10)2/h5-6,8H,4,7H2,1-3H3,(H,13,18). The molecule has 1 amide bonds. The lowest BCUT2D eigenvalue weighted by Crippen LogP contribution is -2.25. The minimum Gasteiger partial charge on any atom is -0.347 e. The molecule has 18 heavy (non-hydrogen) atoms. The Morgan fingerprint density at radius 1 is 1.44 bits per heavy atom. The van der Waals surface area contributed by atoms with E-state index in [1.54, 1.807) is 27.8 Å². The fraction of sp³-hybridized carbons (Fsp3) is 0.417. The molecular weight excluding hydrogens is 230 g/mol. The minimum atomic E-state index is -0.113. The molecule has 0 atom stereocenters. The maximum atomic E-state index is 12.0. The second-order valence-electron chi connectivity index (χ2n) is 4.09. The molecule has 96 valence electrons. The van der Waals surface area contributed by atoms with Gasteiger partial charge in [-0.15, -0.1) is 0 Å². The number of carbonyl (C=O) groups is 1. The third-order valence-corrected chi connectivity index (χ3v) is 3.03. The van der Waals surface area contributed by atoms with Gasteiger partial charge < -0.3 is 5.32 Å². The summed E-state index contributed by atoms with van der Waals surface area (Å²) in [6, 6.07) is 1.72. The average Bonchev–Trinajstić information content (AvgIpc) is 2.96. The van der Waals surface area contributed by atoms with Crippen LogP contribution >= 0.6 is 0 Å². The van der Waals surface area contributed by atoms with Crippen molar-refractivity contribution in [3.8, 4) is 0 Å². The van der Waals surface area contributed by atoms with Crippen LogP contribution in [0.3, 0.4) is 0 Å². The number of rotatable bonds is 4. The quantitative estimate of drug-likeness (QED) is 0.872. The Morgan fingerprint density at radius 3 is 2.83 bits per heavy atom. The molecule has 2 heterocycles. The van der Waals surface area contributed by atoms with Gasteiger partial charge in [0.05, 0.1) is 6.20 Å². The van der Waals surface area contributed by atoms with Gasteiger partial charge in [-0.25, -0.2) is 0 Å². The maximum absolute atomic E-state index is 12.0. The van der Waals surface area contributed by atoms with Gasteiger partial charge in [-0.1, -0.05) is 0 Å². The van der Waals surface area contributed by atoms with Crippen LogP contribution in [0.1, 0.15) is 28.7 Å². The summed E-state index contributed by atoms with van der Waals surface area (Å²) in [5, 5.41) is 11.1. The van der Waals surface area contributed by atoms with Crippen LogP contribution in [-0.4, -0.2) is 25.5 Å². The van der Waals surface area contributed by atoms with Crippen molar-refractivity contribution in [3.63, 3.8) is 0 Å². The molecule has 6 nitrogen and oxygen atoms in total. The zero-order valence-electron chi connectivity index (χ0n) is 10.8. The number of hydrogen-bond donors (Lipinski definition) is 1. The molecule has 0 aliphatic rings. The Bertz CT molecular complexity index is 555. The molecule has 2 aromatic heterocycles. The van der Waals surface area contributed by atoms with Gasteiger partial charge in [0, 0.05) is 37.6 Å². The van der Waals surface area contributed by atoms with Gasteiger partial charge in [-0.2, -0.15) is 10.2 Å². The highest BCUT2D eigenvalue weighted by atomic mass is 16.2. The molecule has 0 aliphatic heterocycles. The van der Waals surface area contributed by atoms with Crippen LogP contribution in [0.25, 0.3) is 0 Å². The molecule has 2 rings (SSSR count). The Balaban J connectivity index is 2.03. The molecule has 0 spiro atoms. The Morgan fingerprint density at radius 2 is 2.22 bits per heavy atom. The highest BCUT2D eigenvalue weighted by Gasteiger charge is 2.11. The van der Waals surface area contributed by atoms with Crippen LogP contribution < -0.4 is 5.32 Å². The molecule has 0 aliphatic carbocycles. The highest BCUT2D eigenvalue weighted by molar-refractivity contribution is 5.92. The molecule has 2 aromatic rings. The third-order valence-electron chi connectivity index (χ3n) is 3.03. The minimum absolute atomic E-state index is 0.113. The van der Waals surface area contributed by atoms with Crippen molar-refractivity contribution in [1.29, 1.82) is 0 Å².